The molecule has 0 unspecified atom stereocenters. The first-order valence-electron chi connectivity index (χ1n) is 14.0. The first-order valence-corrected chi connectivity index (χ1v) is 15.2. The highest BCUT2D eigenvalue weighted by Crippen LogP contribution is 2.33. The van der Waals surface area contributed by atoms with E-state index in [1.807, 2.05) is 49.4 Å². The van der Waals surface area contributed by atoms with E-state index in [0.29, 0.717) is 66.3 Å². The molecule has 3 aromatic carbocycles. The van der Waals surface area contributed by atoms with Gasteiger partial charge in [-0.05, 0) is 74.0 Å². The summed E-state index contributed by atoms with van der Waals surface area (Å²) in [5.41, 5.74) is 2.30. The molecule has 6 rings (SSSR count). The maximum absolute atomic E-state index is 14.0. The van der Waals surface area contributed by atoms with Gasteiger partial charge in [0, 0.05) is 17.3 Å². The Morgan fingerprint density at radius 3 is 2.56 bits per heavy atom. The number of hydrogen-bond donors (Lipinski definition) is 2. The van der Waals surface area contributed by atoms with E-state index >= 15 is 0 Å². The molecule has 9 nitrogen and oxygen atoms in total. The lowest BCUT2D eigenvalue weighted by Gasteiger charge is -2.25. The third kappa shape index (κ3) is 5.98. The lowest BCUT2D eigenvalue weighted by Crippen LogP contribution is -2.40. The molecular formula is C34H26ClN3O6S. The fraction of sp³-hybridized carbons (Fsp3) is 0.118. The Morgan fingerprint density at radius 2 is 1.84 bits per heavy atom. The third-order valence-electron chi connectivity index (χ3n) is 7.18. The van der Waals surface area contributed by atoms with Gasteiger partial charge in [-0.25, -0.2) is 9.79 Å². The van der Waals surface area contributed by atoms with Gasteiger partial charge < -0.3 is 19.6 Å². The van der Waals surface area contributed by atoms with Gasteiger partial charge in [-0.15, -0.1) is 0 Å². The van der Waals surface area contributed by atoms with Crippen molar-refractivity contribution in [3.8, 4) is 17.1 Å². The Hall–Kier alpha value is -5.19. The molecule has 45 heavy (non-hydrogen) atoms. The number of para-hydroxylation sites is 1. The summed E-state index contributed by atoms with van der Waals surface area (Å²) < 4.78 is 13.5. The Kier molecular flexibility index (Phi) is 8.25. The van der Waals surface area contributed by atoms with Crippen LogP contribution >= 0.6 is 22.9 Å². The lowest BCUT2D eigenvalue weighted by atomic mass is 9.95. The zero-order chi connectivity index (χ0) is 31.7. The highest BCUT2D eigenvalue weighted by molar-refractivity contribution is 7.07. The van der Waals surface area contributed by atoms with Crippen LogP contribution < -0.4 is 24.9 Å². The van der Waals surface area contributed by atoms with Crippen molar-refractivity contribution in [2.45, 2.75) is 19.9 Å². The molecule has 5 aromatic rings. The van der Waals surface area contributed by atoms with Crippen molar-refractivity contribution in [2.24, 2.45) is 4.99 Å². The molecule has 1 atom stereocenters. The fourth-order valence-electron chi connectivity index (χ4n) is 5.11. The fourth-order valence-corrected chi connectivity index (χ4v) is 6.35. The molecule has 2 N–H and O–H groups in total. The summed E-state index contributed by atoms with van der Waals surface area (Å²) in [6, 6.07) is 23.3. The molecule has 0 radical (unpaired) electrons. The largest absolute Gasteiger partial charge is 0.494 e. The van der Waals surface area contributed by atoms with E-state index in [1.54, 1.807) is 37.3 Å². The number of fused-ring (bicyclic) bond motifs is 1. The zero-order valence-corrected chi connectivity index (χ0v) is 25.7. The number of allylic oxidation sites excluding steroid dienone is 1. The summed E-state index contributed by atoms with van der Waals surface area (Å²) in [6.45, 7) is 4.16. The summed E-state index contributed by atoms with van der Waals surface area (Å²) >= 11 is 7.51. The number of hydrogen-bond acceptors (Lipinski definition) is 7. The van der Waals surface area contributed by atoms with Crippen molar-refractivity contribution in [1.82, 2.24) is 4.57 Å². The van der Waals surface area contributed by atoms with Crippen LogP contribution in [0.2, 0.25) is 5.02 Å². The van der Waals surface area contributed by atoms with Gasteiger partial charge in [0.2, 0.25) is 0 Å². The van der Waals surface area contributed by atoms with Gasteiger partial charge in [0.25, 0.3) is 11.5 Å². The van der Waals surface area contributed by atoms with Crippen molar-refractivity contribution < 1.29 is 23.8 Å². The van der Waals surface area contributed by atoms with Crippen LogP contribution in [0, 0.1) is 0 Å². The molecule has 0 saturated carbocycles. The third-order valence-corrected chi connectivity index (χ3v) is 8.50. The van der Waals surface area contributed by atoms with E-state index in [-0.39, 0.29) is 17.0 Å². The van der Waals surface area contributed by atoms with Crippen LogP contribution in [0.3, 0.4) is 0 Å². The topological polar surface area (TPSA) is 123 Å². The summed E-state index contributed by atoms with van der Waals surface area (Å²) in [5.74, 6) is -0.0680. The number of amides is 1. The number of ether oxygens (including phenoxy) is 1. The van der Waals surface area contributed by atoms with Gasteiger partial charge in [-0.2, -0.15) is 0 Å². The molecule has 0 bridgehead atoms. The minimum Gasteiger partial charge on any atom is -0.494 e. The van der Waals surface area contributed by atoms with Crippen molar-refractivity contribution in [1.29, 1.82) is 0 Å². The molecule has 226 valence electrons. The number of carboxylic acids is 1. The lowest BCUT2D eigenvalue weighted by molar-refractivity contribution is -0.113. The highest BCUT2D eigenvalue weighted by Gasteiger charge is 2.32. The van der Waals surface area contributed by atoms with Crippen molar-refractivity contribution in [3.63, 3.8) is 0 Å². The number of carbonyl (C=O) groups excluding carboxylic acids is 1. The molecule has 0 aliphatic carbocycles. The molecule has 0 spiro atoms. The monoisotopic (exact) mass is 639 g/mol. The molecule has 1 amide bonds. The van der Waals surface area contributed by atoms with Crippen LogP contribution in [-0.2, 0) is 4.79 Å². The molecule has 3 heterocycles. The number of aromatic nitrogens is 1. The first-order chi connectivity index (χ1) is 21.7. The number of benzene rings is 3. The second-order valence-electron chi connectivity index (χ2n) is 10.1. The molecule has 1 aliphatic rings. The number of carbonyl (C=O) groups is 2. The predicted octanol–water partition coefficient (Wildman–Crippen LogP) is 5.88. The maximum atomic E-state index is 14.0. The predicted molar refractivity (Wildman–Crippen MR) is 173 cm³/mol. The van der Waals surface area contributed by atoms with E-state index in [1.165, 1.54) is 34.1 Å². The number of furan rings is 1. The standard InChI is InChI=1S/C34H26ClN3O6S/c1-3-43-23-12-9-20(10-13-23)30-29(31(39)37-22-7-5-4-6-8-22)19(2)36-34-38(30)32(40)28(45-34)18-24-14-16-27(44-24)25-17-21(33(41)42)11-15-26(25)35/h4-18,30H,3H2,1-2H3,(H,37,39)(H,41,42)/b28-18-/t30-/m1/s1. The number of carboxylic acid groups (broad SMARTS) is 1. The normalized spacial score (nSPS) is 14.6. The molecule has 0 saturated heterocycles. The molecule has 11 heteroatoms. The van der Waals surface area contributed by atoms with Crippen LogP contribution in [0.5, 0.6) is 5.75 Å². The van der Waals surface area contributed by atoms with Crippen LogP contribution in [0.4, 0.5) is 5.69 Å². The second-order valence-corrected chi connectivity index (χ2v) is 11.5. The Balaban J connectivity index is 1.44. The maximum Gasteiger partial charge on any atom is 0.335 e. The first kappa shape index (κ1) is 29.9. The minimum atomic E-state index is -1.09. The summed E-state index contributed by atoms with van der Waals surface area (Å²) in [7, 11) is 0. The van der Waals surface area contributed by atoms with E-state index in [4.69, 9.17) is 20.8 Å². The van der Waals surface area contributed by atoms with E-state index in [9.17, 15) is 19.5 Å². The number of aromatic carboxylic acids is 1. The quantitative estimate of drug-likeness (QED) is 0.218. The van der Waals surface area contributed by atoms with E-state index in [0.717, 1.165) is 0 Å². The molecule has 1 aliphatic heterocycles. The average molecular weight is 640 g/mol. The molecular weight excluding hydrogens is 614 g/mol. The molecule has 0 fully saturated rings. The van der Waals surface area contributed by atoms with Crippen LogP contribution in [0.25, 0.3) is 17.4 Å². The van der Waals surface area contributed by atoms with Crippen molar-refractivity contribution >= 4 is 46.6 Å². The SMILES string of the molecule is CCOc1ccc([C@@H]2C(C(=O)Nc3ccccc3)=C(C)N=c3s/c(=C\c4ccc(-c5cc(C(=O)O)ccc5Cl)o4)c(=O)n32)cc1. The van der Waals surface area contributed by atoms with Gasteiger partial charge in [0.15, 0.2) is 4.80 Å². The van der Waals surface area contributed by atoms with Gasteiger partial charge in [0.1, 0.15) is 17.3 Å². The molecule has 2 aromatic heterocycles. The van der Waals surface area contributed by atoms with E-state index < -0.39 is 12.0 Å². The number of anilines is 1. The Morgan fingerprint density at radius 1 is 1.09 bits per heavy atom. The van der Waals surface area contributed by atoms with Gasteiger partial charge in [-0.3, -0.25) is 14.2 Å². The van der Waals surface area contributed by atoms with Gasteiger partial charge in [0.05, 0.1) is 39.0 Å². The second kappa shape index (κ2) is 12.4. The van der Waals surface area contributed by atoms with Gasteiger partial charge >= 0.3 is 5.97 Å². The minimum absolute atomic E-state index is 0.0671. The zero-order valence-electron chi connectivity index (χ0n) is 24.1. The van der Waals surface area contributed by atoms with Crippen LogP contribution in [0.15, 0.2) is 110 Å². The number of rotatable bonds is 8. The highest BCUT2D eigenvalue weighted by atomic mass is 35.5. The summed E-state index contributed by atoms with van der Waals surface area (Å²) in [4.78, 5) is 44.4. The average Bonchev–Trinajstić information content (AvgIpc) is 3.61. The number of nitrogens with zero attached hydrogens (tertiary/aromatic N) is 2. The van der Waals surface area contributed by atoms with E-state index in [2.05, 4.69) is 10.3 Å². The number of halogens is 1. The summed E-state index contributed by atoms with van der Waals surface area (Å²) in [5, 5.41) is 12.7. The van der Waals surface area contributed by atoms with Crippen molar-refractivity contribution in [2.75, 3.05) is 11.9 Å². The Bertz CT molecular complexity index is 2150. The number of thiazole rings is 1. The number of nitrogens with one attached hydrogen (secondary N) is 1. The summed E-state index contributed by atoms with van der Waals surface area (Å²) in [6.07, 6.45) is 1.60. The van der Waals surface area contributed by atoms with Crippen molar-refractivity contribution in [3.05, 3.63) is 138 Å². The van der Waals surface area contributed by atoms with Gasteiger partial charge in [-0.1, -0.05) is 53.3 Å². The van der Waals surface area contributed by atoms with Crippen LogP contribution in [0.1, 0.15) is 41.6 Å². The van der Waals surface area contributed by atoms with Crippen LogP contribution in [-0.4, -0.2) is 28.2 Å². The Labute approximate surface area is 266 Å². The smallest absolute Gasteiger partial charge is 0.335 e.